The maximum absolute atomic E-state index is 12.6. The summed E-state index contributed by atoms with van der Waals surface area (Å²) in [5, 5.41) is 9.32. The molecule has 1 aromatic carbocycles. The number of amides is 1. The Balaban J connectivity index is 2.17. The lowest BCUT2D eigenvalue weighted by atomic mass is 10.1. The van der Waals surface area contributed by atoms with E-state index in [0.29, 0.717) is 35.8 Å². The van der Waals surface area contributed by atoms with E-state index in [0.717, 1.165) is 3.57 Å². The summed E-state index contributed by atoms with van der Waals surface area (Å²) in [6.07, 6.45) is 0.798. The Morgan fingerprint density at radius 1 is 1.52 bits per heavy atom. The molecule has 5 nitrogen and oxygen atoms in total. The number of likely N-dealkylation sites (tertiary alicyclic amines) is 1. The number of hydrogen-bond acceptors (Lipinski definition) is 3. The second-order valence-electron chi connectivity index (χ2n) is 4.97. The number of ether oxygens (including phenoxy) is 1. The molecule has 0 saturated carbocycles. The highest BCUT2D eigenvalue weighted by Gasteiger charge is 2.30. The van der Waals surface area contributed by atoms with Crippen LogP contribution in [0.1, 0.15) is 23.2 Å². The summed E-state index contributed by atoms with van der Waals surface area (Å²) in [6, 6.07) is 3.33. The highest BCUT2D eigenvalue weighted by atomic mass is 127. The van der Waals surface area contributed by atoms with Gasteiger partial charge < -0.3 is 14.7 Å². The molecule has 1 amide bonds. The van der Waals surface area contributed by atoms with Gasteiger partial charge in [0.1, 0.15) is 5.75 Å². The summed E-state index contributed by atoms with van der Waals surface area (Å²) in [4.78, 5) is 25.0. The molecule has 21 heavy (non-hydrogen) atoms. The molecule has 1 aliphatic rings. The van der Waals surface area contributed by atoms with E-state index < -0.39 is 5.97 Å². The second-order valence-corrected chi connectivity index (χ2v) is 6.54. The largest absolute Gasteiger partial charge is 0.496 e. The van der Waals surface area contributed by atoms with E-state index in [1.165, 1.54) is 7.11 Å². The fourth-order valence-electron chi connectivity index (χ4n) is 2.47. The van der Waals surface area contributed by atoms with E-state index >= 15 is 0 Å². The molecule has 1 fully saturated rings. The van der Waals surface area contributed by atoms with Crippen molar-refractivity contribution in [2.75, 3.05) is 20.2 Å². The topological polar surface area (TPSA) is 66.8 Å². The number of aliphatic carboxylic acids is 1. The van der Waals surface area contributed by atoms with E-state index in [9.17, 15) is 9.59 Å². The number of carboxylic acid groups (broad SMARTS) is 1. The Hall–Kier alpha value is -1.02. The molecule has 1 saturated heterocycles. The second kappa shape index (κ2) is 6.83. The number of nitrogens with zero attached hydrogens (tertiary/aromatic N) is 1. The third-order valence-corrected chi connectivity index (χ3v) is 5.03. The predicted octanol–water partition coefficient (Wildman–Crippen LogP) is 2.89. The number of carbonyl (C=O) groups is 2. The highest BCUT2D eigenvalue weighted by molar-refractivity contribution is 14.1. The number of rotatable bonds is 4. The number of methoxy groups -OCH3 is 1. The third-order valence-electron chi connectivity index (χ3n) is 3.51. The maximum atomic E-state index is 12.6. The van der Waals surface area contributed by atoms with Crippen LogP contribution in [0, 0.1) is 9.49 Å². The van der Waals surface area contributed by atoms with Gasteiger partial charge in [0, 0.05) is 23.1 Å². The molecule has 0 radical (unpaired) electrons. The van der Waals surface area contributed by atoms with Crippen molar-refractivity contribution < 1.29 is 19.4 Å². The summed E-state index contributed by atoms with van der Waals surface area (Å²) in [5.41, 5.74) is 0.416. The molecule has 0 aliphatic carbocycles. The Morgan fingerprint density at radius 2 is 2.24 bits per heavy atom. The average molecular weight is 424 g/mol. The molecular weight excluding hydrogens is 409 g/mol. The van der Waals surface area contributed by atoms with Gasteiger partial charge >= 0.3 is 5.97 Å². The van der Waals surface area contributed by atoms with Crippen molar-refractivity contribution in [3.05, 3.63) is 26.3 Å². The van der Waals surface area contributed by atoms with E-state index in [1.807, 2.05) is 0 Å². The first-order valence-electron chi connectivity index (χ1n) is 6.46. The first kappa shape index (κ1) is 16.4. The minimum absolute atomic E-state index is 0.0109. The first-order valence-corrected chi connectivity index (χ1v) is 7.92. The normalized spacial score (nSPS) is 17.9. The zero-order chi connectivity index (χ0) is 15.6. The van der Waals surface area contributed by atoms with Crippen molar-refractivity contribution >= 4 is 46.1 Å². The van der Waals surface area contributed by atoms with Crippen molar-refractivity contribution in [3.63, 3.8) is 0 Å². The van der Waals surface area contributed by atoms with E-state index in [-0.39, 0.29) is 18.2 Å². The number of hydrogen-bond donors (Lipinski definition) is 1. The molecule has 1 atom stereocenters. The van der Waals surface area contributed by atoms with Gasteiger partial charge in [-0.3, -0.25) is 9.59 Å². The van der Waals surface area contributed by atoms with Gasteiger partial charge in [-0.05, 0) is 47.1 Å². The summed E-state index contributed by atoms with van der Waals surface area (Å²) in [6.45, 7) is 1.02. The zero-order valence-corrected chi connectivity index (χ0v) is 14.3. The van der Waals surface area contributed by atoms with Crippen LogP contribution in [0.5, 0.6) is 5.75 Å². The summed E-state index contributed by atoms with van der Waals surface area (Å²) in [5.74, 6) is -0.505. The Kier molecular flexibility index (Phi) is 5.32. The van der Waals surface area contributed by atoms with Gasteiger partial charge in [0.2, 0.25) is 0 Å². The van der Waals surface area contributed by atoms with Gasteiger partial charge in [0.25, 0.3) is 5.91 Å². The minimum atomic E-state index is -0.829. The Morgan fingerprint density at radius 3 is 2.86 bits per heavy atom. The molecular formula is C14H15ClINO4. The van der Waals surface area contributed by atoms with Crippen molar-refractivity contribution in [3.8, 4) is 5.75 Å². The Bertz CT molecular complexity index is 578. The first-order chi connectivity index (χ1) is 9.92. The van der Waals surface area contributed by atoms with Gasteiger partial charge in [0.05, 0.1) is 17.7 Å². The van der Waals surface area contributed by atoms with Crippen LogP contribution < -0.4 is 4.74 Å². The molecule has 1 aromatic rings. The molecule has 1 heterocycles. The summed E-state index contributed by atoms with van der Waals surface area (Å²) in [7, 11) is 1.51. The smallest absolute Gasteiger partial charge is 0.303 e. The van der Waals surface area contributed by atoms with Gasteiger partial charge in [0.15, 0.2) is 0 Å². The van der Waals surface area contributed by atoms with Crippen LogP contribution in [0.25, 0.3) is 0 Å². The standard InChI is InChI=1S/C14H15ClINO4/c1-21-12-6-11(16)10(15)5-9(12)14(20)17-3-2-8(7-17)4-13(18)19/h5-6,8H,2-4,7H2,1H3,(H,18,19). The van der Waals surface area contributed by atoms with Crippen LogP contribution in [0.2, 0.25) is 5.02 Å². The molecule has 0 aromatic heterocycles. The average Bonchev–Trinajstić information content (AvgIpc) is 2.88. The molecule has 7 heteroatoms. The number of carbonyl (C=O) groups excluding carboxylic acids is 1. The van der Waals surface area contributed by atoms with Gasteiger partial charge in [-0.25, -0.2) is 0 Å². The van der Waals surface area contributed by atoms with Crippen LogP contribution >= 0.6 is 34.2 Å². The quantitative estimate of drug-likeness (QED) is 0.756. The lowest BCUT2D eigenvalue weighted by molar-refractivity contribution is -0.138. The predicted molar refractivity (Wildman–Crippen MR) is 87.0 cm³/mol. The van der Waals surface area contributed by atoms with Gasteiger partial charge in [-0.2, -0.15) is 0 Å². The number of carboxylic acids is 1. The highest BCUT2D eigenvalue weighted by Crippen LogP contribution is 2.30. The monoisotopic (exact) mass is 423 g/mol. The molecule has 2 rings (SSSR count). The fourth-order valence-corrected chi connectivity index (χ4v) is 3.07. The lowest BCUT2D eigenvalue weighted by Gasteiger charge is -2.18. The van der Waals surface area contributed by atoms with E-state index in [4.69, 9.17) is 21.4 Å². The minimum Gasteiger partial charge on any atom is -0.496 e. The van der Waals surface area contributed by atoms with Crippen molar-refractivity contribution in [2.45, 2.75) is 12.8 Å². The van der Waals surface area contributed by atoms with Crippen LogP contribution in [-0.4, -0.2) is 42.1 Å². The van der Waals surface area contributed by atoms with Crippen LogP contribution in [0.3, 0.4) is 0 Å². The van der Waals surface area contributed by atoms with Gasteiger partial charge in [-0.1, -0.05) is 11.6 Å². The maximum Gasteiger partial charge on any atom is 0.303 e. The fraction of sp³-hybridized carbons (Fsp3) is 0.429. The molecule has 1 unspecified atom stereocenters. The zero-order valence-electron chi connectivity index (χ0n) is 11.4. The third kappa shape index (κ3) is 3.79. The number of benzene rings is 1. The Labute approximate surface area is 141 Å². The molecule has 1 N–H and O–H groups in total. The van der Waals surface area contributed by atoms with Crippen molar-refractivity contribution in [1.29, 1.82) is 0 Å². The molecule has 1 aliphatic heterocycles. The van der Waals surface area contributed by atoms with Crippen molar-refractivity contribution in [1.82, 2.24) is 4.90 Å². The summed E-state index contributed by atoms with van der Waals surface area (Å²) < 4.78 is 6.06. The van der Waals surface area contributed by atoms with Gasteiger partial charge in [-0.15, -0.1) is 0 Å². The van der Waals surface area contributed by atoms with E-state index in [2.05, 4.69) is 22.6 Å². The SMILES string of the molecule is COc1cc(I)c(Cl)cc1C(=O)N1CCC(CC(=O)O)C1. The summed E-state index contributed by atoms with van der Waals surface area (Å²) >= 11 is 8.16. The van der Waals surface area contributed by atoms with E-state index in [1.54, 1.807) is 17.0 Å². The van der Waals surface area contributed by atoms with Crippen LogP contribution in [0.15, 0.2) is 12.1 Å². The molecule has 114 valence electrons. The van der Waals surface area contributed by atoms with Crippen LogP contribution in [0.4, 0.5) is 0 Å². The molecule has 0 spiro atoms. The number of halogens is 2. The molecule has 0 bridgehead atoms. The lowest BCUT2D eigenvalue weighted by Crippen LogP contribution is -2.29. The van der Waals surface area contributed by atoms with Crippen LogP contribution in [-0.2, 0) is 4.79 Å². The van der Waals surface area contributed by atoms with Crippen molar-refractivity contribution in [2.24, 2.45) is 5.92 Å².